The third-order valence-electron chi connectivity index (χ3n) is 4.95. The number of fused-ring (bicyclic) bond motifs is 1. The van der Waals surface area contributed by atoms with Crippen LogP contribution < -0.4 is 10.6 Å². The van der Waals surface area contributed by atoms with E-state index < -0.39 is 16.7 Å². The van der Waals surface area contributed by atoms with Crippen LogP contribution in [0.5, 0.6) is 0 Å². The zero-order chi connectivity index (χ0) is 19.0. The SMILES string of the molecule is Cc1ccc(C(N)=O)cc1-c1ccc2c(N3CCS(=O)CC3)nncc2c1. The van der Waals surface area contributed by atoms with Gasteiger partial charge in [0.25, 0.3) is 0 Å². The highest BCUT2D eigenvalue weighted by atomic mass is 32.2. The minimum Gasteiger partial charge on any atom is -0.366 e. The van der Waals surface area contributed by atoms with Crippen molar-refractivity contribution < 1.29 is 9.00 Å². The Morgan fingerprint density at radius 1 is 1.15 bits per heavy atom. The van der Waals surface area contributed by atoms with E-state index in [0.717, 1.165) is 46.4 Å². The molecule has 0 atom stereocenters. The van der Waals surface area contributed by atoms with E-state index in [-0.39, 0.29) is 0 Å². The Morgan fingerprint density at radius 2 is 1.93 bits per heavy atom. The van der Waals surface area contributed by atoms with E-state index in [9.17, 15) is 9.00 Å². The molecule has 0 aliphatic carbocycles. The van der Waals surface area contributed by atoms with Gasteiger partial charge in [0.1, 0.15) is 0 Å². The van der Waals surface area contributed by atoms with E-state index in [1.165, 1.54) is 0 Å². The van der Waals surface area contributed by atoms with Crippen molar-refractivity contribution in [3.63, 3.8) is 0 Å². The van der Waals surface area contributed by atoms with Crippen LogP contribution in [0.4, 0.5) is 5.82 Å². The van der Waals surface area contributed by atoms with Crippen LogP contribution >= 0.6 is 0 Å². The minimum atomic E-state index is -0.733. The lowest BCUT2D eigenvalue weighted by Crippen LogP contribution is -2.38. The van der Waals surface area contributed by atoms with Crippen molar-refractivity contribution in [2.75, 3.05) is 29.5 Å². The molecule has 0 bridgehead atoms. The lowest BCUT2D eigenvalue weighted by atomic mass is 9.96. The largest absolute Gasteiger partial charge is 0.366 e. The lowest BCUT2D eigenvalue weighted by molar-refractivity contribution is 0.100. The van der Waals surface area contributed by atoms with Crippen LogP contribution in [0.3, 0.4) is 0 Å². The summed E-state index contributed by atoms with van der Waals surface area (Å²) in [6.45, 7) is 3.46. The first-order chi connectivity index (χ1) is 13.0. The fourth-order valence-corrected chi connectivity index (χ4v) is 4.46. The number of hydrogen-bond donors (Lipinski definition) is 1. The van der Waals surface area contributed by atoms with Gasteiger partial charge in [-0.1, -0.05) is 12.1 Å². The van der Waals surface area contributed by atoms with Crippen molar-refractivity contribution >= 4 is 33.3 Å². The number of benzene rings is 2. The van der Waals surface area contributed by atoms with Crippen LogP contribution in [0.15, 0.2) is 42.6 Å². The molecule has 0 spiro atoms. The molecule has 1 aliphatic heterocycles. The Hall–Kier alpha value is -2.80. The number of aryl methyl sites for hydroxylation is 1. The van der Waals surface area contributed by atoms with Crippen LogP contribution in [0.2, 0.25) is 0 Å². The smallest absolute Gasteiger partial charge is 0.248 e. The van der Waals surface area contributed by atoms with Crippen molar-refractivity contribution in [3.05, 3.63) is 53.7 Å². The Bertz CT molecular complexity index is 1060. The van der Waals surface area contributed by atoms with Gasteiger partial charge in [0.2, 0.25) is 5.91 Å². The van der Waals surface area contributed by atoms with E-state index in [1.807, 2.05) is 31.2 Å². The van der Waals surface area contributed by atoms with E-state index in [1.54, 1.807) is 12.3 Å². The Labute approximate surface area is 159 Å². The Kier molecular flexibility index (Phi) is 4.61. The first-order valence-electron chi connectivity index (χ1n) is 8.79. The van der Waals surface area contributed by atoms with Crippen LogP contribution in [-0.2, 0) is 10.8 Å². The summed E-state index contributed by atoms with van der Waals surface area (Å²) in [5.74, 6) is 1.72. The lowest BCUT2D eigenvalue weighted by Gasteiger charge is -2.27. The van der Waals surface area contributed by atoms with Crippen molar-refractivity contribution in [1.29, 1.82) is 0 Å². The first-order valence-corrected chi connectivity index (χ1v) is 10.3. The molecule has 1 aromatic heterocycles. The maximum Gasteiger partial charge on any atom is 0.248 e. The Balaban J connectivity index is 1.77. The number of hydrogen-bond acceptors (Lipinski definition) is 5. The van der Waals surface area contributed by atoms with Crippen molar-refractivity contribution in [1.82, 2.24) is 10.2 Å². The average Bonchev–Trinajstić information content (AvgIpc) is 2.68. The zero-order valence-corrected chi connectivity index (χ0v) is 15.8. The molecule has 2 aromatic carbocycles. The molecule has 1 fully saturated rings. The molecule has 138 valence electrons. The van der Waals surface area contributed by atoms with Crippen LogP contribution in [-0.4, -0.2) is 44.9 Å². The summed E-state index contributed by atoms with van der Waals surface area (Å²) in [7, 11) is -0.733. The summed E-state index contributed by atoms with van der Waals surface area (Å²) in [5, 5.41) is 10.5. The fourth-order valence-electron chi connectivity index (χ4n) is 3.41. The highest BCUT2D eigenvalue weighted by molar-refractivity contribution is 7.85. The molecule has 1 saturated heterocycles. The second kappa shape index (κ2) is 7.08. The zero-order valence-electron chi connectivity index (χ0n) is 15.0. The number of amides is 1. The predicted octanol–water partition coefficient (Wildman–Crippen LogP) is 2.27. The molecule has 0 unspecified atom stereocenters. The Morgan fingerprint density at radius 3 is 2.67 bits per heavy atom. The molecule has 6 nitrogen and oxygen atoms in total. The number of nitrogens with zero attached hydrogens (tertiary/aromatic N) is 3. The minimum absolute atomic E-state index is 0.437. The molecule has 0 radical (unpaired) electrons. The molecule has 1 amide bonds. The van der Waals surface area contributed by atoms with Gasteiger partial charge in [-0.05, 0) is 47.9 Å². The summed E-state index contributed by atoms with van der Waals surface area (Å²) >= 11 is 0. The first kappa shape index (κ1) is 17.6. The molecular weight excluding hydrogens is 360 g/mol. The number of rotatable bonds is 3. The van der Waals surface area contributed by atoms with Crippen LogP contribution in [0.1, 0.15) is 15.9 Å². The molecule has 4 rings (SSSR count). The van der Waals surface area contributed by atoms with Crippen LogP contribution in [0, 0.1) is 6.92 Å². The second-order valence-corrected chi connectivity index (χ2v) is 8.40. The summed E-state index contributed by atoms with van der Waals surface area (Å²) in [5.41, 5.74) is 8.96. The van der Waals surface area contributed by atoms with E-state index >= 15 is 0 Å². The molecule has 7 heteroatoms. The number of anilines is 1. The average molecular weight is 380 g/mol. The fraction of sp³-hybridized carbons (Fsp3) is 0.250. The van der Waals surface area contributed by atoms with Gasteiger partial charge < -0.3 is 10.6 Å². The maximum atomic E-state index is 11.6. The van der Waals surface area contributed by atoms with Crippen LogP contribution in [0.25, 0.3) is 21.9 Å². The van der Waals surface area contributed by atoms with Crippen molar-refractivity contribution in [3.8, 4) is 11.1 Å². The number of carbonyl (C=O) groups is 1. The van der Waals surface area contributed by atoms with Gasteiger partial charge in [-0.15, -0.1) is 5.10 Å². The van der Waals surface area contributed by atoms with Crippen molar-refractivity contribution in [2.24, 2.45) is 5.73 Å². The molecular formula is C20H20N4O2S. The third-order valence-corrected chi connectivity index (χ3v) is 6.23. The second-order valence-electron chi connectivity index (χ2n) is 6.70. The molecule has 2 N–H and O–H groups in total. The topological polar surface area (TPSA) is 89.2 Å². The highest BCUT2D eigenvalue weighted by Crippen LogP contribution is 2.31. The number of aromatic nitrogens is 2. The van der Waals surface area contributed by atoms with Crippen molar-refractivity contribution in [2.45, 2.75) is 6.92 Å². The molecule has 1 aliphatic rings. The number of nitrogens with two attached hydrogens (primary N) is 1. The summed E-state index contributed by atoms with van der Waals surface area (Å²) in [6.07, 6.45) is 1.75. The molecule has 2 heterocycles. The van der Waals surface area contributed by atoms with Gasteiger partial charge in [0.15, 0.2) is 5.82 Å². The van der Waals surface area contributed by atoms with Gasteiger partial charge in [-0.25, -0.2) is 0 Å². The van der Waals surface area contributed by atoms with Gasteiger partial charge in [-0.2, -0.15) is 5.10 Å². The van der Waals surface area contributed by atoms with Gasteiger partial charge >= 0.3 is 0 Å². The predicted molar refractivity (Wildman–Crippen MR) is 108 cm³/mol. The summed E-state index contributed by atoms with van der Waals surface area (Å²) < 4.78 is 11.6. The van der Waals surface area contributed by atoms with Gasteiger partial charge in [0, 0.05) is 51.7 Å². The normalized spacial score (nSPS) is 15.2. The van der Waals surface area contributed by atoms with Gasteiger partial charge in [-0.3, -0.25) is 9.00 Å². The molecule has 0 saturated carbocycles. The van der Waals surface area contributed by atoms with E-state index in [4.69, 9.17) is 5.73 Å². The summed E-state index contributed by atoms with van der Waals surface area (Å²) in [4.78, 5) is 13.7. The maximum absolute atomic E-state index is 11.6. The molecule has 3 aromatic rings. The third kappa shape index (κ3) is 3.42. The standard InChI is InChI=1S/C20H20N4O2S/c1-13-2-3-15(19(21)25)11-18(13)14-4-5-17-16(10-14)12-22-23-20(17)24-6-8-27(26)9-7-24/h2-5,10-12H,6-9H2,1H3,(H2,21,25). The number of primary amides is 1. The molecule has 27 heavy (non-hydrogen) atoms. The van der Waals surface area contributed by atoms with E-state index in [0.29, 0.717) is 17.1 Å². The monoisotopic (exact) mass is 380 g/mol. The quantitative estimate of drug-likeness (QED) is 0.753. The van der Waals surface area contributed by atoms with E-state index in [2.05, 4.69) is 21.2 Å². The van der Waals surface area contributed by atoms with Gasteiger partial charge in [0.05, 0.1) is 6.20 Å². The summed E-state index contributed by atoms with van der Waals surface area (Å²) in [6, 6.07) is 11.6. The number of carbonyl (C=O) groups excluding carboxylic acids is 1. The highest BCUT2D eigenvalue weighted by Gasteiger charge is 2.19.